The molecular weight excluding hydrogens is 415 g/mol. The standard InChI is InChI=1S/C20H18F3N5OS/c1-10-11(2)18-24-8-15(26-19(29)17-12(3)30-9-25-17)28(18)27-16(10)13-6-4-5-7-14(13)20(21,22)23/h4-9,19,26,29H,1-3H3. The van der Waals surface area contributed by atoms with Gasteiger partial charge in [-0.15, -0.1) is 11.3 Å². The lowest BCUT2D eigenvalue weighted by atomic mass is 9.99. The number of nitrogens with zero attached hydrogens (tertiary/aromatic N) is 4. The number of hydrogen-bond donors (Lipinski definition) is 2. The largest absolute Gasteiger partial charge is 0.417 e. The summed E-state index contributed by atoms with van der Waals surface area (Å²) in [7, 11) is 0. The summed E-state index contributed by atoms with van der Waals surface area (Å²) in [6.07, 6.45) is -4.13. The summed E-state index contributed by atoms with van der Waals surface area (Å²) in [4.78, 5) is 9.32. The van der Waals surface area contributed by atoms with Gasteiger partial charge in [-0.3, -0.25) is 0 Å². The number of benzene rings is 1. The third-order valence-electron chi connectivity index (χ3n) is 5.00. The van der Waals surface area contributed by atoms with Crippen LogP contribution in [-0.4, -0.2) is 24.7 Å². The highest BCUT2D eigenvalue weighted by atomic mass is 32.1. The Morgan fingerprint density at radius 3 is 2.50 bits per heavy atom. The van der Waals surface area contributed by atoms with Gasteiger partial charge in [-0.1, -0.05) is 18.2 Å². The molecule has 0 fully saturated rings. The monoisotopic (exact) mass is 433 g/mol. The Bertz CT molecular complexity index is 1230. The summed E-state index contributed by atoms with van der Waals surface area (Å²) in [5, 5.41) is 17.9. The molecule has 0 spiro atoms. The summed E-state index contributed by atoms with van der Waals surface area (Å²) in [5.74, 6) is 0.346. The molecule has 6 nitrogen and oxygen atoms in total. The maximum Gasteiger partial charge on any atom is 0.417 e. The topological polar surface area (TPSA) is 75.3 Å². The van der Waals surface area contributed by atoms with Crippen molar-refractivity contribution in [2.24, 2.45) is 0 Å². The molecule has 0 amide bonds. The first-order chi connectivity index (χ1) is 14.2. The normalized spacial score (nSPS) is 13.0. The van der Waals surface area contributed by atoms with Crippen molar-refractivity contribution in [2.75, 3.05) is 5.32 Å². The van der Waals surface area contributed by atoms with Gasteiger partial charge in [0.1, 0.15) is 5.69 Å². The molecule has 0 aliphatic heterocycles. The Labute approximate surface area is 174 Å². The summed E-state index contributed by atoms with van der Waals surface area (Å²) in [5.41, 5.74) is 3.33. The van der Waals surface area contributed by atoms with Crippen LogP contribution in [0.5, 0.6) is 0 Å². The maximum absolute atomic E-state index is 13.6. The molecule has 0 aliphatic carbocycles. The molecule has 10 heteroatoms. The van der Waals surface area contributed by atoms with Crippen LogP contribution in [0.15, 0.2) is 36.0 Å². The second kappa shape index (κ2) is 7.37. The van der Waals surface area contributed by atoms with E-state index >= 15 is 0 Å². The summed E-state index contributed by atoms with van der Waals surface area (Å²) >= 11 is 1.40. The molecule has 1 atom stereocenters. The Morgan fingerprint density at radius 2 is 1.83 bits per heavy atom. The lowest BCUT2D eigenvalue weighted by molar-refractivity contribution is -0.137. The minimum absolute atomic E-state index is 0.0111. The van der Waals surface area contributed by atoms with E-state index in [1.165, 1.54) is 34.2 Å². The van der Waals surface area contributed by atoms with Gasteiger partial charge in [0.2, 0.25) is 0 Å². The minimum atomic E-state index is -4.51. The highest BCUT2D eigenvalue weighted by Crippen LogP contribution is 2.38. The number of hydrogen-bond acceptors (Lipinski definition) is 6. The molecule has 0 bridgehead atoms. The first kappa shape index (κ1) is 20.3. The van der Waals surface area contributed by atoms with Crippen molar-refractivity contribution >= 4 is 22.8 Å². The number of nitrogens with one attached hydrogen (secondary N) is 1. The number of fused-ring (bicyclic) bond motifs is 1. The lowest BCUT2D eigenvalue weighted by Crippen LogP contribution is -2.14. The van der Waals surface area contributed by atoms with Gasteiger partial charge in [0.05, 0.1) is 23.0 Å². The summed E-state index contributed by atoms with van der Waals surface area (Å²) in [6, 6.07) is 5.34. The van der Waals surface area contributed by atoms with Crippen LogP contribution in [0.25, 0.3) is 16.9 Å². The number of aromatic nitrogens is 4. The predicted octanol–water partition coefficient (Wildman–Crippen LogP) is 4.90. The highest BCUT2D eigenvalue weighted by molar-refractivity contribution is 7.09. The second-order valence-electron chi connectivity index (χ2n) is 6.86. The van der Waals surface area contributed by atoms with Gasteiger partial charge in [-0.2, -0.15) is 22.8 Å². The van der Waals surface area contributed by atoms with Gasteiger partial charge in [0, 0.05) is 10.4 Å². The number of alkyl halides is 3. The number of thiazole rings is 1. The molecule has 2 N–H and O–H groups in total. The van der Waals surface area contributed by atoms with E-state index in [0.29, 0.717) is 28.3 Å². The molecule has 4 rings (SSSR count). The molecular formula is C20H18F3N5OS. The SMILES string of the molecule is Cc1scnc1C(O)Nc1cnc2c(C)c(C)c(-c3ccccc3C(F)(F)F)nn12. The summed E-state index contributed by atoms with van der Waals surface area (Å²) in [6.45, 7) is 5.34. The average Bonchev–Trinajstić information content (AvgIpc) is 3.30. The molecule has 0 saturated carbocycles. The summed E-state index contributed by atoms with van der Waals surface area (Å²) < 4.78 is 42.1. The molecule has 1 aromatic carbocycles. The minimum Gasteiger partial charge on any atom is -0.368 e. The zero-order valence-electron chi connectivity index (χ0n) is 16.3. The number of aliphatic hydroxyl groups excluding tert-OH is 1. The zero-order valence-corrected chi connectivity index (χ0v) is 17.1. The quantitative estimate of drug-likeness (QED) is 0.448. The van der Waals surface area contributed by atoms with Gasteiger partial charge in [-0.25, -0.2) is 9.97 Å². The van der Waals surface area contributed by atoms with Crippen LogP contribution in [0, 0.1) is 20.8 Å². The van der Waals surface area contributed by atoms with Crippen molar-refractivity contribution in [2.45, 2.75) is 33.2 Å². The molecule has 156 valence electrons. The van der Waals surface area contributed by atoms with Crippen molar-refractivity contribution in [1.29, 1.82) is 0 Å². The number of anilines is 1. The van der Waals surface area contributed by atoms with Gasteiger partial charge in [-0.05, 0) is 38.0 Å². The van der Waals surface area contributed by atoms with E-state index in [-0.39, 0.29) is 11.3 Å². The van der Waals surface area contributed by atoms with E-state index in [4.69, 9.17) is 0 Å². The van der Waals surface area contributed by atoms with Crippen LogP contribution in [0.1, 0.15) is 33.5 Å². The zero-order chi connectivity index (χ0) is 21.6. The fourth-order valence-corrected chi connectivity index (χ4v) is 3.91. The highest BCUT2D eigenvalue weighted by Gasteiger charge is 2.34. The van der Waals surface area contributed by atoms with E-state index in [2.05, 4.69) is 20.4 Å². The number of imidazole rings is 1. The van der Waals surface area contributed by atoms with E-state index in [1.807, 2.05) is 6.92 Å². The van der Waals surface area contributed by atoms with Gasteiger partial charge in [0.15, 0.2) is 17.7 Å². The second-order valence-corrected chi connectivity index (χ2v) is 7.92. The van der Waals surface area contributed by atoms with Gasteiger partial charge >= 0.3 is 6.18 Å². The molecule has 0 saturated heterocycles. The third-order valence-corrected chi connectivity index (χ3v) is 5.78. The van der Waals surface area contributed by atoms with Crippen LogP contribution < -0.4 is 5.32 Å². The van der Waals surface area contributed by atoms with Crippen molar-refractivity contribution in [1.82, 2.24) is 19.6 Å². The Morgan fingerprint density at radius 1 is 1.10 bits per heavy atom. The van der Waals surface area contributed by atoms with Crippen molar-refractivity contribution < 1.29 is 18.3 Å². The smallest absolute Gasteiger partial charge is 0.368 e. The molecule has 30 heavy (non-hydrogen) atoms. The molecule has 4 aromatic rings. The van der Waals surface area contributed by atoms with Gasteiger partial charge in [0.25, 0.3) is 0 Å². The van der Waals surface area contributed by atoms with Gasteiger partial charge < -0.3 is 10.4 Å². The van der Waals surface area contributed by atoms with E-state index in [1.54, 1.807) is 25.4 Å². The first-order valence-electron chi connectivity index (χ1n) is 9.04. The average molecular weight is 433 g/mol. The Balaban J connectivity index is 1.85. The van der Waals surface area contributed by atoms with E-state index < -0.39 is 18.0 Å². The molecule has 0 aliphatic rings. The van der Waals surface area contributed by atoms with Crippen LogP contribution >= 0.6 is 11.3 Å². The van der Waals surface area contributed by atoms with Crippen LogP contribution in [0.3, 0.4) is 0 Å². The molecule has 3 aromatic heterocycles. The van der Waals surface area contributed by atoms with Crippen LogP contribution in [0.4, 0.5) is 19.0 Å². The van der Waals surface area contributed by atoms with Crippen molar-refractivity contribution in [3.63, 3.8) is 0 Å². The van der Waals surface area contributed by atoms with Crippen molar-refractivity contribution in [3.8, 4) is 11.3 Å². The van der Waals surface area contributed by atoms with E-state index in [0.717, 1.165) is 10.9 Å². The Kier molecular flexibility index (Phi) is 4.99. The lowest BCUT2D eigenvalue weighted by Gasteiger charge is -2.17. The molecule has 1 unspecified atom stereocenters. The number of rotatable bonds is 4. The fourth-order valence-electron chi connectivity index (χ4n) is 3.30. The van der Waals surface area contributed by atoms with Crippen LogP contribution in [-0.2, 0) is 6.18 Å². The fraction of sp³-hybridized carbons (Fsp3) is 0.250. The maximum atomic E-state index is 13.6. The number of halogens is 3. The number of aryl methyl sites for hydroxylation is 2. The first-order valence-corrected chi connectivity index (χ1v) is 9.92. The number of aliphatic hydroxyl groups is 1. The van der Waals surface area contributed by atoms with Crippen molar-refractivity contribution in [3.05, 3.63) is 63.2 Å². The molecule has 0 radical (unpaired) electrons. The predicted molar refractivity (Wildman–Crippen MR) is 108 cm³/mol. The Hall–Kier alpha value is -2.98. The van der Waals surface area contributed by atoms with E-state index in [9.17, 15) is 18.3 Å². The molecule has 3 heterocycles. The van der Waals surface area contributed by atoms with Crippen LogP contribution in [0.2, 0.25) is 0 Å². The third kappa shape index (κ3) is 3.41.